The fourth-order valence-corrected chi connectivity index (χ4v) is 3.21. The standard InChI is InChI=1S/C17H19Br2NO5S2/c1-4-23-20-9-13(16(26)15(10-20)24-17(19)11(2)18)12-7-5-6-8-14(12)25-27(3,21)22/h5-11,17H,4H2,1-3H3. The van der Waals surface area contributed by atoms with Gasteiger partial charge in [0.05, 0.1) is 28.0 Å². The van der Waals surface area contributed by atoms with Crippen molar-refractivity contribution in [3.05, 3.63) is 41.2 Å². The lowest BCUT2D eigenvalue weighted by Crippen LogP contribution is -2.19. The van der Waals surface area contributed by atoms with Crippen LogP contribution in [0.25, 0.3) is 11.1 Å². The number of para-hydroxylation sites is 1. The lowest BCUT2D eigenvalue weighted by Gasteiger charge is -2.19. The number of alkyl halides is 2. The Labute approximate surface area is 180 Å². The minimum absolute atomic E-state index is 0.0250. The van der Waals surface area contributed by atoms with Crippen LogP contribution in [0.2, 0.25) is 0 Å². The quantitative estimate of drug-likeness (QED) is 0.278. The number of nitrogens with zero attached hydrogens (tertiary/aromatic N) is 1. The van der Waals surface area contributed by atoms with Crippen LogP contribution in [0.4, 0.5) is 0 Å². The maximum atomic E-state index is 11.6. The van der Waals surface area contributed by atoms with Gasteiger partial charge >= 0.3 is 10.1 Å². The molecule has 2 atom stereocenters. The molecule has 6 nitrogen and oxygen atoms in total. The third kappa shape index (κ3) is 6.20. The van der Waals surface area contributed by atoms with Gasteiger partial charge in [0.25, 0.3) is 0 Å². The van der Waals surface area contributed by atoms with E-state index in [1.54, 1.807) is 36.7 Å². The molecule has 0 amide bonds. The first kappa shape index (κ1) is 22.2. The highest BCUT2D eigenvalue weighted by molar-refractivity contribution is 9.12. The second kappa shape index (κ2) is 9.40. The average molecular weight is 541 g/mol. The Balaban J connectivity index is 2.63. The molecule has 0 N–H and O–H groups in total. The Kier molecular flexibility index (Phi) is 7.73. The normalized spacial score (nSPS) is 13.7. The van der Waals surface area contributed by atoms with Crippen molar-refractivity contribution in [2.24, 2.45) is 0 Å². The maximum absolute atomic E-state index is 11.6. The summed E-state index contributed by atoms with van der Waals surface area (Å²) < 4.78 is 36.1. The topological polar surface area (TPSA) is 66.8 Å². The van der Waals surface area contributed by atoms with Crippen molar-refractivity contribution in [3.63, 3.8) is 0 Å². The molecule has 148 valence electrons. The van der Waals surface area contributed by atoms with Gasteiger partial charge in [-0.2, -0.15) is 13.1 Å². The van der Waals surface area contributed by atoms with Crippen LogP contribution in [0.1, 0.15) is 13.8 Å². The summed E-state index contributed by atoms with van der Waals surface area (Å²) in [7, 11) is -3.70. The molecule has 0 spiro atoms. The summed E-state index contributed by atoms with van der Waals surface area (Å²) in [4.78, 5) is 5.58. The fourth-order valence-electron chi connectivity index (χ4n) is 2.17. The number of rotatable bonds is 8. The van der Waals surface area contributed by atoms with E-state index in [4.69, 9.17) is 26.0 Å². The molecule has 0 saturated heterocycles. The molecule has 0 radical (unpaired) electrons. The van der Waals surface area contributed by atoms with Gasteiger partial charge in [0.2, 0.25) is 0 Å². The van der Waals surface area contributed by atoms with E-state index in [0.29, 0.717) is 28.0 Å². The Morgan fingerprint density at radius 1 is 1.15 bits per heavy atom. The Morgan fingerprint density at radius 2 is 1.81 bits per heavy atom. The fraction of sp³-hybridized carbons (Fsp3) is 0.353. The minimum atomic E-state index is -3.70. The van der Waals surface area contributed by atoms with Gasteiger partial charge in [0, 0.05) is 11.1 Å². The average Bonchev–Trinajstić information content (AvgIpc) is 2.57. The first-order valence-corrected chi connectivity index (χ1v) is 12.0. The molecule has 2 aromatic rings. The summed E-state index contributed by atoms with van der Waals surface area (Å²) in [5.41, 5.74) is 1.07. The van der Waals surface area contributed by atoms with E-state index in [1.807, 2.05) is 13.8 Å². The van der Waals surface area contributed by atoms with Gasteiger partial charge in [-0.15, -0.1) is 0 Å². The van der Waals surface area contributed by atoms with Gasteiger partial charge < -0.3 is 13.8 Å². The molecule has 1 aromatic carbocycles. The van der Waals surface area contributed by atoms with Crippen molar-refractivity contribution in [2.45, 2.75) is 23.7 Å². The third-order valence-electron chi connectivity index (χ3n) is 3.27. The van der Waals surface area contributed by atoms with Crippen LogP contribution < -0.4 is 13.8 Å². The minimum Gasteiger partial charge on any atom is -0.475 e. The molecular weight excluding hydrogens is 522 g/mol. The first-order valence-electron chi connectivity index (χ1n) is 7.95. The third-order valence-corrected chi connectivity index (χ3v) is 6.34. The zero-order valence-electron chi connectivity index (χ0n) is 14.9. The number of pyridine rings is 1. The highest BCUT2D eigenvalue weighted by atomic mass is 79.9. The van der Waals surface area contributed by atoms with Crippen LogP contribution in [0, 0.1) is 4.51 Å². The molecule has 1 heterocycles. The zero-order valence-corrected chi connectivity index (χ0v) is 19.7. The molecule has 0 fully saturated rings. The Hall–Kier alpha value is -1.10. The highest BCUT2D eigenvalue weighted by Gasteiger charge is 2.18. The van der Waals surface area contributed by atoms with Crippen molar-refractivity contribution in [1.82, 2.24) is 4.73 Å². The maximum Gasteiger partial charge on any atom is 0.306 e. The van der Waals surface area contributed by atoms with Crippen LogP contribution in [0.3, 0.4) is 0 Å². The van der Waals surface area contributed by atoms with Gasteiger partial charge in [-0.1, -0.05) is 46.3 Å². The summed E-state index contributed by atoms with van der Waals surface area (Å²) in [6.45, 7) is 4.20. The summed E-state index contributed by atoms with van der Waals surface area (Å²) in [5.74, 6) is 0.592. The van der Waals surface area contributed by atoms with Gasteiger partial charge in [0.15, 0.2) is 16.5 Å². The van der Waals surface area contributed by atoms with Crippen LogP contribution in [0.15, 0.2) is 36.7 Å². The van der Waals surface area contributed by atoms with Gasteiger partial charge in [-0.05, 0) is 35.8 Å². The van der Waals surface area contributed by atoms with Gasteiger partial charge in [-0.25, -0.2) is 0 Å². The van der Waals surface area contributed by atoms with Crippen LogP contribution in [-0.4, -0.2) is 35.9 Å². The number of halogens is 2. The second-order valence-electron chi connectivity index (χ2n) is 5.57. The van der Waals surface area contributed by atoms with Crippen LogP contribution in [0.5, 0.6) is 11.5 Å². The number of hydrogen-bond donors (Lipinski definition) is 0. The van der Waals surface area contributed by atoms with Crippen molar-refractivity contribution in [3.8, 4) is 22.6 Å². The van der Waals surface area contributed by atoms with E-state index in [1.165, 1.54) is 4.73 Å². The summed E-state index contributed by atoms with van der Waals surface area (Å²) in [5, 5.41) is -0.327. The molecular formula is C17H19Br2NO5S2. The van der Waals surface area contributed by atoms with E-state index < -0.39 is 10.1 Å². The SMILES string of the molecule is CCOn1cc(OC(Br)C(C)Br)c(=S)c(-c2ccccc2OS(C)(=O)=O)c1. The van der Waals surface area contributed by atoms with E-state index in [0.717, 1.165) is 6.26 Å². The molecule has 2 rings (SSSR count). The number of benzene rings is 1. The molecule has 0 aliphatic heterocycles. The van der Waals surface area contributed by atoms with E-state index >= 15 is 0 Å². The highest BCUT2D eigenvalue weighted by Crippen LogP contribution is 2.35. The van der Waals surface area contributed by atoms with Crippen molar-refractivity contribution < 1.29 is 22.2 Å². The molecule has 0 saturated carbocycles. The second-order valence-corrected chi connectivity index (χ2v) is 9.90. The largest absolute Gasteiger partial charge is 0.475 e. The predicted octanol–water partition coefficient (Wildman–Crippen LogP) is 4.55. The molecule has 2 unspecified atom stereocenters. The monoisotopic (exact) mass is 539 g/mol. The lowest BCUT2D eigenvalue weighted by atomic mass is 10.1. The molecule has 27 heavy (non-hydrogen) atoms. The predicted molar refractivity (Wildman–Crippen MR) is 115 cm³/mol. The first-order chi connectivity index (χ1) is 12.6. The lowest BCUT2D eigenvalue weighted by molar-refractivity contribution is 0.117. The molecule has 0 aliphatic carbocycles. The summed E-state index contributed by atoms with van der Waals surface area (Å²) >= 11 is 12.5. The van der Waals surface area contributed by atoms with Gasteiger partial charge in [0.1, 0.15) is 6.61 Å². The Bertz CT molecular complexity index is 960. The summed E-state index contributed by atoms with van der Waals surface area (Å²) in [6, 6.07) is 6.75. The zero-order chi connectivity index (χ0) is 20.2. The van der Waals surface area contributed by atoms with Crippen molar-refractivity contribution in [1.29, 1.82) is 0 Å². The van der Waals surface area contributed by atoms with Gasteiger partial charge in [-0.3, -0.25) is 0 Å². The van der Waals surface area contributed by atoms with E-state index in [-0.39, 0.29) is 15.6 Å². The van der Waals surface area contributed by atoms with E-state index in [9.17, 15) is 8.42 Å². The molecule has 10 heteroatoms. The molecule has 0 bridgehead atoms. The number of ether oxygens (including phenoxy) is 1. The summed E-state index contributed by atoms with van der Waals surface area (Å²) in [6.07, 6.45) is 4.30. The van der Waals surface area contributed by atoms with Crippen molar-refractivity contribution >= 4 is 54.2 Å². The molecule has 1 aromatic heterocycles. The Morgan fingerprint density at radius 3 is 2.41 bits per heavy atom. The molecule has 0 aliphatic rings. The van der Waals surface area contributed by atoms with E-state index in [2.05, 4.69) is 31.9 Å². The smallest absolute Gasteiger partial charge is 0.306 e. The van der Waals surface area contributed by atoms with Crippen LogP contribution >= 0.6 is 44.1 Å². The number of hydrogen-bond acceptors (Lipinski definition) is 6. The van der Waals surface area contributed by atoms with Crippen LogP contribution in [-0.2, 0) is 10.1 Å². The number of aromatic nitrogens is 1. The van der Waals surface area contributed by atoms with Crippen molar-refractivity contribution in [2.75, 3.05) is 12.9 Å².